The number of amides is 2. The number of imidazole rings is 1. The van der Waals surface area contributed by atoms with Gasteiger partial charge >= 0.3 is 0 Å². The third-order valence-corrected chi connectivity index (χ3v) is 4.38. The van der Waals surface area contributed by atoms with Crippen LogP contribution in [0.1, 0.15) is 18.7 Å². The zero-order valence-electron chi connectivity index (χ0n) is 14.7. The quantitative estimate of drug-likeness (QED) is 0.731. The highest BCUT2D eigenvalue weighted by Crippen LogP contribution is 2.19. The Bertz CT molecular complexity index is 976. The van der Waals surface area contributed by atoms with Crippen LogP contribution in [0.25, 0.3) is 11.0 Å². The first-order valence-corrected chi connectivity index (χ1v) is 8.88. The highest BCUT2D eigenvalue weighted by molar-refractivity contribution is 6.40. The second-order valence-corrected chi connectivity index (χ2v) is 6.29. The van der Waals surface area contributed by atoms with Gasteiger partial charge in [-0.15, -0.1) is 0 Å². The molecule has 2 N–H and O–H groups in total. The number of benzene rings is 2. The minimum atomic E-state index is -0.250. The summed E-state index contributed by atoms with van der Waals surface area (Å²) in [5.41, 5.74) is 2.91. The second kappa shape index (κ2) is 7.41. The van der Waals surface area contributed by atoms with Crippen LogP contribution in [0.15, 0.2) is 59.7 Å². The number of hydrazone groups is 1. The zero-order valence-corrected chi connectivity index (χ0v) is 14.7. The van der Waals surface area contributed by atoms with Crippen LogP contribution in [0.3, 0.4) is 0 Å². The van der Waals surface area contributed by atoms with Gasteiger partial charge < -0.3 is 10.3 Å². The Hall–Kier alpha value is -3.48. The molecule has 0 spiro atoms. The average molecular weight is 361 g/mol. The molecule has 0 fully saturated rings. The molecular formula is C20H19N5O2. The molecule has 7 heteroatoms. The van der Waals surface area contributed by atoms with Crippen LogP contribution in [-0.4, -0.2) is 34.0 Å². The fraction of sp³-hybridized carbons (Fsp3) is 0.200. The summed E-state index contributed by atoms with van der Waals surface area (Å²) in [5.74, 6) is 0.461. The van der Waals surface area contributed by atoms with E-state index in [1.165, 1.54) is 5.01 Å². The van der Waals surface area contributed by atoms with Crippen molar-refractivity contribution < 1.29 is 9.59 Å². The first-order chi connectivity index (χ1) is 13.2. The highest BCUT2D eigenvalue weighted by atomic mass is 16.2. The standard InChI is InChI=1S/C20H19N5O2/c26-19-11-10-17(24-25(19)14-6-2-1-3-7-14)20(27)21-13-12-18-22-15-8-4-5-9-16(15)23-18/h1-9H,10-13H2,(H,21,27)(H,22,23). The molecule has 27 heavy (non-hydrogen) atoms. The topological polar surface area (TPSA) is 90.4 Å². The van der Waals surface area contributed by atoms with Gasteiger partial charge in [-0.25, -0.2) is 9.99 Å². The number of H-pyrrole nitrogens is 1. The van der Waals surface area contributed by atoms with Crippen molar-refractivity contribution in [3.8, 4) is 0 Å². The van der Waals surface area contributed by atoms with Crippen molar-refractivity contribution in [2.45, 2.75) is 19.3 Å². The number of carbonyl (C=O) groups is 2. The Balaban J connectivity index is 1.39. The Morgan fingerprint density at radius 1 is 1.07 bits per heavy atom. The fourth-order valence-corrected chi connectivity index (χ4v) is 3.01. The third-order valence-electron chi connectivity index (χ3n) is 4.38. The van der Waals surface area contributed by atoms with Crippen LogP contribution in [0.4, 0.5) is 5.69 Å². The van der Waals surface area contributed by atoms with E-state index in [9.17, 15) is 9.59 Å². The number of rotatable bonds is 5. The van der Waals surface area contributed by atoms with E-state index in [0.717, 1.165) is 16.9 Å². The summed E-state index contributed by atoms with van der Waals surface area (Å²) in [7, 11) is 0. The Kier molecular flexibility index (Phi) is 4.65. The van der Waals surface area contributed by atoms with Gasteiger partial charge in [0.15, 0.2) is 0 Å². The fourth-order valence-electron chi connectivity index (χ4n) is 3.01. The Labute approximate surface area is 156 Å². The highest BCUT2D eigenvalue weighted by Gasteiger charge is 2.25. The molecule has 0 atom stereocenters. The molecule has 2 heterocycles. The van der Waals surface area contributed by atoms with E-state index in [1.54, 1.807) is 12.1 Å². The van der Waals surface area contributed by atoms with Gasteiger partial charge in [-0.3, -0.25) is 9.59 Å². The van der Waals surface area contributed by atoms with Crippen LogP contribution in [0.5, 0.6) is 0 Å². The van der Waals surface area contributed by atoms with Gasteiger partial charge in [0.25, 0.3) is 5.91 Å². The first kappa shape index (κ1) is 17.0. The predicted molar refractivity (Wildman–Crippen MR) is 103 cm³/mol. The summed E-state index contributed by atoms with van der Waals surface area (Å²) in [6.45, 7) is 0.441. The number of hydrogen-bond donors (Lipinski definition) is 2. The molecule has 1 aromatic heterocycles. The van der Waals surface area contributed by atoms with Gasteiger partial charge in [-0.2, -0.15) is 5.10 Å². The van der Waals surface area contributed by atoms with E-state index < -0.39 is 0 Å². The maximum atomic E-state index is 12.4. The summed E-state index contributed by atoms with van der Waals surface area (Å²) in [6.07, 6.45) is 1.21. The van der Waals surface area contributed by atoms with E-state index >= 15 is 0 Å². The third kappa shape index (κ3) is 3.72. The normalized spacial score (nSPS) is 14.3. The van der Waals surface area contributed by atoms with Gasteiger partial charge in [0.2, 0.25) is 5.91 Å². The maximum Gasteiger partial charge on any atom is 0.267 e. The number of nitrogens with zero attached hydrogens (tertiary/aromatic N) is 3. The monoisotopic (exact) mass is 361 g/mol. The van der Waals surface area contributed by atoms with Gasteiger partial charge in [0.1, 0.15) is 11.5 Å². The van der Waals surface area contributed by atoms with Crippen molar-refractivity contribution in [1.82, 2.24) is 15.3 Å². The van der Waals surface area contributed by atoms with Crippen molar-refractivity contribution in [2.75, 3.05) is 11.6 Å². The molecule has 136 valence electrons. The lowest BCUT2D eigenvalue weighted by atomic mass is 10.1. The molecule has 1 aliphatic rings. The Morgan fingerprint density at radius 3 is 2.67 bits per heavy atom. The van der Waals surface area contributed by atoms with Crippen molar-refractivity contribution in [2.24, 2.45) is 5.10 Å². The molecule has 0 bridgehead atoms. The molecule has 4 rings (SSSR count). The van der Waals surface area contributed by atoms with Crippen LogP contribution >= 0.6 is 0 Å². The lowest BCUT2D eigenvalue weighted by Gasteiger charge is -2.23. The van der Waals surface area contributed by atoms with E-state index in [0.29, 0.717) is 30.8 Å². The molecule has 0 aliphatic carbocycles. The van der Waals surface area contributed by atoms with Crippen LogP contribution in [-0.2, 0) is 16.0 Å². The molecule has 0 saturated carbocycles. The minimum Gasteiger partial charge on any atom is -0.350 e. The number of para-hydroxylation sites is 3. The number of fused-ring (bicyclic) bond motifs is 1. The largest absolute Gasteiger partial charge is 0.350 e. The predicted octanol–water partition coefficient (Wildman–Crippen LogP) is 2.40. The minimum absolute atomic E-state index is 0.111. The lowest BCUT2D eigenvalue weighted by Crippen LogP contribution is -2.39. The van der Waals surface area contributed by atoms with Crippen LogP contribution in [0.2, 0.25) is 0 Å². The smallest absolute Gasteiger partial charge is 0.267 e. The van der Waals surface area contributed by atoms with Crippen LogP contribution in [0, 0.1) is 0 Å². The number of nitrogens with one attached hydrogen (secondary N) is 2. The first-order valence-electron chi connectivity index (χ1n) is 8.88. The summed E-state index contributed by atoms with van der Waals surface area (Å²) in [4.78, 5) is 32.3. The lowest BCUT2D eigenvalue weighted by molar-refractivity contribution is -0.118. The van der Waals surface area contributed by atoms with Gasteiger partial charge in [-0.05, 0) is 24.3 Å². The van der Waals surface area contributed by atoms with Crippen molar-refractivity contribution in [3.63, 3.8) is 0 Å². The van der Waals surface area contributed by atoms with E-state index in [-0.39, 0.29) is 18.2 Å². The number of aromatic amines is 1. The van der Waals surface area contributed by atoms with E-state index in [2.05, 4.69) is 20.4 Å². The summed E-state index contributed by atoms with van der Waals surface area (Å²) >= 11 is 0. The van der Waals surface area contributed by atoms with Crippen molar-refractivity contribution in [3.05, 3.63) is 60.4 Å². The van der Waals surface area contributed by atoms with Crippen LogP contribution < -0.4 is 10.3 Å². The number of anilines is 1. The molecular weight excluding hydrogens is 342 g/mol. The zero-order chi connectivity index (χ0) is 18.6. The van der Waals surface area contributed by atoms with E-state index in [1.807, 2.05) is 42.5 Å². The molecule has 7 nitrogen and oxygen atoms in total. The molecule has 0 radical (unpaired) electrons. The second-order valence-electron chi connectivity index (χ2n) is 6.29. The maximum absolute atomic E-state index is 12.4. The van der Waals surface area contributed by atoms with Crippen molar-refractivity contribution in [1.29, 1.82) is 0 Å². The number of hydrogen-bond acceptors (Lipinski definition) is 4. The molecule has 2 aromatic carbocycles. The SMILES string of the molecule is O=C(NCCc1nc2ccccc2[nH]1)C1=NN(c2ccccc2)C(=O)CC1. The van der Waals surface area contributed by atoms with Crippen molar-refractivity contribution >= 4 is 34.2 Å². The molecule has 0 unspecified atom stereocenters. The van der Waals surface area contributed by atoms with Gasteiger partial charge in [0.05, 0.1) is 16.7 Å². The van der Waals surface area contributed by atoms with Gasteiger partial charge in [-0.1, -0.05) is 30.3 Å². The molecule has 1 aliphatic heterocycles. The Morgan fingerprint density at radius 2 is 1.85 bits per heavy atom. The molecule has 2 amide bonds. The summed E-state index contributed by atoms with van der Waals surface area (Å²) in [5, 5.41) is 8.43. The number of carbonyl (C=O) groups excluding carboxylic acids is 2. The molecule has 3 aromatic rings. The molecule has 0 saturated heterocycles. The van der Waals surface area contributed by atoms with E-state index in [4.69, 9.17) is 0 Å². The average Bonchev–Trinajstić information content (AvgIpc) is 3.11. The van der Waals surface area contributed by atoms with Gasteiger partial charge in [0, 0.05) is 25.8 Å². The summed E-state index contributed by atoms with van der Waals surface area (Å²) < 4.78 is 0. The summed E-state index contributed by atoms with van der Waals surface area (Å²) in [6, 6.07) is 16.9. The number of aromatic nitrogens is 2.